The van der Waals surface area contributed by atoms with Gasteiger partial charge in [0.05, 0.1) is 12.2 Å². The average Bonchev–Trinajstić information content (AvgIpc) is 2.48. The molecule has 5 heteroatoms. The Hall–Kier alpha value is -1.91. The van der Waals surface area contributed by atoms with Gasteiger partial charge in [0.15, 0.2) is 0 Å². The summed E-state index contributed by atoms with van der Waals surface area (Å²) >= 11 is 0. The number of carbonyl (C=O) groups is 2. The minimum atomic E-state index is -0.0567. The number of nitrogens with zero attached hydrogens (tertiary/aromatic N) is 2. The van der Waals surface area contributed by atoms with Crippen LogP contribution in [0.15, 0.2) is 24.4 Å². The summed E-state index contributed by atoms with van der Waals surface area (Å²) in [6.45, 7) is 5.45. The normalized spacial score (nSPS) is 10.2. The van der Waals surface area contributed by atoms with E-state index < -0.39 is 0 Å². The highest BCUT2D eigenvalue weighted by Crippen LogP contribution is 2.07. The van der Waals surface area contributed by atoms with Crippen LogP contribution in [-0.4, -0.2) is 34.8 Å². The Morgan fingerprint density at radius 3 is 2.71 bits per heavy atom. The molecule has 0 spiro atoms. The van der Waals surface area contributed by atoms with Gasteiger partial charge < -0.3 is 10.2 Å². The second kappa shape index (κ2) is 9.91. The minimum absolute atomic E-state index is 0.0567. The van der Waals surface area contributed by atoms with Crippen molar-refractivity contribution in [2.75, 3.05) is 13.1 Å². The number of unbranched alkanes of at least 4 members (excludes halogenated alkanes) is 1. The number of pyridine rings is 1. The lowest BCUT2D eigenvalue weighted by Gasteiger charge is -2.22. The fourth-order valence-corrected chi connectivity index (χ4v) is 1.99. The Kier molecular flexibility index (Phi) is 8.09. The summed E-state index contributed by atoms with van der Waals surface area (Å²) in [5, 5.41) is 2.71. The quantitative estimate of drug-likeness (QED) is 0.709. The molecule has 2 amide bonds. The summed E-state index contributed by atoms with van der Waals surface area (Å²) in [5.74, 6) is 0.0678. The third kappa shape index (κ3) is 7.44. The monoisotopic (exact) mass is 291 g/mol. The van der Waals surface area contributed by atoms with Crippen molar-refractivity contribution in [2.45, 2.75) is 46.1 Å². The Balaban J connectivity index is 2.47. The maximum atomic E-state index is 12.3. The molecule has 1 aromatic rings. The van der Waals surface area contributed by atoms with Crippen LogP contribution in [0.5, 0.6) is 0 Å². The van der Waals surface area contributed by atoms with E-state index in [1.807, 2.05) is 23.1 Å². The van der Waals surface area contributed by atoms with Gasteiger partial charge in [0, 0.05) is 32.6 Å². The van der Waals surface area contributed by atoms with Crippen molar-refractivity contribution in [1.82, 2.24) is 15.2 Å². The maximum absolute atomic E-state index is 12.3. The minimum Gasteiger partial charge on any atom is -0.356 e. The van der Waals surface area contributed by atoms with Crippen molar-refractivity contribution in [1.29, 1.82) is 0 Å². The third-order valence-corrected chi connectivity index (χ3v) is 3.15. The molecule has 5 nitrogen and oxygen atoms in total. The number of amides is 2. The largest absolute Gasteiger partial charge is 0.356 e. The van der Waals surface area contributed by atoms with Gasteiger partial charge in [-0.25, -0.2) is 0 Å². The number of hydrogen-bond acceptors (Lipinski definition) is 3. The molecule has 116 valence electrons. The van der Waals surface area contributed by atoms with Gasteiger partial charge in [0.2, 0.25) is 11.8 Å². The Morgan fingerprint density at radius 1 is 1.29 bits per heavy atom. The van der Waals surface area contributed by atoms with E-state index in [1.165, 1.54) is 6.92 Å². The van der Waals surface area contributed by atoms with Crippen LogP contribution in [0.1, 0.15) is 45.2 Å². The van der Waals surface area contributed by atoms with Crippen LogP contribution < -0.4 is 5.32 Å². The molecular weight excluding hydrogens is 266 g/mol. The summed E-state index contributed by atoms with van der Waals surface area (Å²) in [5.41, 5.74) is 0.906. The first kappa shape index (κ1) is 17.1. The van der Waals surface area contributed by atoms with Crippen molar-refractivity contribution in [3.63, 3.8) is 0 Å². The van der Waals surface area contributed by atoms with Crippen LogP contribution in [0.2, 0.25) is 0 Å². The Labute approximate surface area is 126 Å². The fraction of sp³-hybridized carbons (Fsp3) is 0.562. The van der Waals surface area contributed by atoms with Crippen molar-refractivity contribution in [3.05, 3.63) is 30.1 Å². The molecule has 1 N–H and O–H groups in total. The lowest BCUT2D eigenvalue weighted by Crippen LogP contribution is -2.32. The number of carbonyl (C=O) groups excluding carboxylic acids is 2. The van der Waals surface area contributed by atoms with Crippen molar-refractivity contribution >= 4 is 11.8 Å². The lowest BCUT2D eigenvalue weighted by molar-refractivity contribution is -0.132. The zero-order valence-electron chi connectivity index (χ0n) is 13.0. The van der Waals surface area contributed by atoms with Gasteiger partial charge in [0.1, 0.15) is 0 Å². The van der Waals surface area contributed by atoms with Crippen LogP contribution in [-0.2, 0) is 16.1 Å². The van der Waals surface area contributed by atoms with E-state index in [4.69, 9.17) is 0 Å². The topological polar surface area (TPSA) is 62.3 Å². The molecule has 0 saturated carbocycles. The molecule has 0 aliphatic rings. The van der Waals surface area contributed by atoms with E-state index in [1.54, 1.807) is 6.20 Å². The number of rotatable bonds is 9. The molecule has 0 fully saturated rings. The molecule has 0 aliphatic heterocycles. The second-order valence-electron chi connectivity index (χ2n) is 5.08. The SMILES string of the molecule is CCCCN(Cc1ccccn1)C(=O)CCCNC(C)=O. The first-order valence-electron chi connectivity index (χ1n) is 7.55. The van der Waals surface area contributed by atoms with E-state index in [9.17, 15) is 9.59 Å². The molecule has 0 aliphatic carbocycles. The van der Waals surface area contributed by atoms with Crippen LogP contribution in [0.25, 0.3) is 0 Å². The van der Waals surface area contributed by atoms with E-state index >= 15 is 0 Å². The van der Waals surface area contributed by atoms with Crippen LogP contribution in [0.3, 0.4) is 0 Å². The summed E-state index contributed by atoms with van der Waals surface area (Å²) in [6.07, 6.45) is 4.91. The van der Waals surface area contributed by atoms with E-state index in [-0.39, 0.29) is 11.8 Å². The molecule has 1 aromatic heterocycles. The van der Waals surface area contributed by atoms with Crippen molar-refractivity contribution < 1.29 is 9.59 Å². The van der Waals surface area contributed by atoms with Crippen LogP contribution >= 0.6 is 0 Å². The molecule has 1 heterocycles. The molecular formula is C16H25N3O2. The Bertz CT molecular complexity index is 434. The van der Waals surface area contributed by atoms with Gasteiger partial charge in [-0.3, -0.25) is 14.6 Å². The third-order valence-electron chi connectivity index (χ3n) is 3.15. The van der Waals surface area contributed by atoms with Gasteiger partial charge in [-0.05, 0) is 25.0 Å². The van der Waals surface area contributed by atoms with Gasteiger partial charge in [-0.1, -0.05) is 19.4 Å². The molecule has 21 heavy (non-hydrogen) atoms. The zero-order valence-corrected chi connectivity index (χ0v) is 13.0. The summed E-state index contributed by atoms with van der Waals surface area (Å²) in [4.78, 5) is 29.2. The molecule has 0 unspecified atom stereocenters. The average molecular weight is 291 g/mol. The molecule has 0 aromatic carbocycles. The molecule has 0 radical (unpaired) electrons. The van der Waals surface area contributed by atoms with E-state index in [2.05, 4.69) is 17.2 Å². The first-order valence-corrected chi connectivity index (χ1v) is 7.55. The number of nitrogens with one attached hydrogen (secondary N) is 1. The number of aromatic nitrogens is 1. The first-order chi connectivity index (χ1) is 10.1. The predicted molar refractivity (Wildman–Crippen MR) is 82.5 cm³/mol. The van der Waals surface area contributed by atoms with Gasteiger partial charge >= 0.3 is 0 Å². The molecule has 0 bridgehead atoms. The number of hydrogen-bond donors (Lipinski definition) is 1. The van der Waals surface area contributed by atoms with Crippen LogP contribution in [0, 0.1) is 0 Å². The summed E-state index contributed by atoms with van der Waals surface area (Å²) in [6, 6.07) is 5.74. The van der Waals surface area contributed by atoms with Crippen molar-refractivity contribution in [2.24, 2.45) is 0 Å². The van der Waals surface area contributed by atoms with Gasteiger partial charge in [-0.2, -0.15) is 0 Å². The van der Waals surface area contributed by atoms with Gasteiger partial charge in [0.25, 0.3) is 0 Å². The Morgan fingerprint density at radius 2 is 2.10 bits per heavy atom. The highest BCUT2D eigenvalue weighted by atomic mass is 16.2. The molecule has 0 atom stereocenters. The second-order valence-corrected chi connectivity index (χ2v) is 5.08. The zero-order chi connectivity index (χ0) is 15.5. The van der Waals surface area contributed by atoms with Crippen LogP contribution in [0.4, 0.5) is 0 Å². The molecule has 1 rings (SSSR count). The maximum Gasteiger partial charge on any atom is 0.222 e. The highest BCUT2D eigenvalue weighted by molar-refractivity contribution is 5.76. The van der Waals surface area contributed by atoms with E-state index in [0.717, 1.165) is 25.1 Å². The standard InChI is InChI=1S/C16H25N3O2/c1-3-4-12-19(13-15-8-5-6-10-18-15)16(21)9-7-11-17-14(2)20/h5-6,8,10H,3-4,7,9,11-13H2,1-2H3,(H,17,20). The van der Waals surface area contributed by atoms with Crippen molar-refractivity contribution in [3.8, 4) is 0 Å². The lowest BCUT2D eigenvalue weighted by atomic mass is 10.2. The molecule has 0 saturated heterocycles. The summed E-state index contributed by atoms with van der Waals surface area (Å²) in [7, 11) is 0. The fourth-order valence-electron chi connectivity index (χ4n) is 1.99. The smallest absolute Gasteiger partial charge is 0.222 e. The highest BCUT2D eigenvalue weighted by Gasteiger charge is 2.13. The predicted octanol–water partition coefficient (Wildman–Crippen LogP) is 2.13. The van der Waals surface area contributed by atoms with E-state index in [0.29, 0.717) is 25.9 Å². The summed E-state index contributed by atoms with van der Waals surface area (Å²) < 4.78 is 0. The van der Waals surface area contributed by atoms with Gasteiger partial charge in [-0.15, -0.1) is 0 Å².